The van der Waals surface area contributed by atoms with Crippen LogP contribution in [0.5, 0.6) is 0 Å². The number of thioether (sulfide) groups is 1. The average molecular weight is 398 g/mol. The molecule has 0 aliphatic heterocycles. The van der Waals surface area contributed by atoms with Gasteiger partial charge in [-0.2, -0.15) is 0 Å². The van der Waals surface area contributed by atoms with Gasteiger partial charge in [-0.15, -0.1) is 21.5 Å². The van der Waals surface area contributed by atoms with E-state index in [-0.39, 0.29) is 5.82 Å². The number of rotatable bonds is 6. The third kappa shape index (κ3) is 3.30. The highest BCUT2D eigenvalue weighted by Gasteiger charge is 2.31. The molecule has 4 aromatic rings. The summed E-state index contributed by atoms with van der Waals surface area (Å²) in [6, 6.07) is 13.0. The van der Waals surface area contributed by atoms with E-state index in [1.165, 1.54) is 6.07 Å². The Morgan fingerprint density at radius 2 is 2.07 bits per heavy atom. The third-order valence-corrected chi connectivity index (χ3v) is 6.22. The van der Waals surface area contributed by atoms with Gasteiger partial charge in [-0.05, 0) is 36.4 Å². The summed E-state index contributed by atoms with van der Waals surface area (Å²) in [5, 5.41) is 15.5. The van der Waals surface area contributed by atoms with Gasteiger partial charge in [-0.1, -0.05) is 35.1 Å². The van der Waals surface area contributed by atoms with Gasteiger partial charge < -0.3 is 4.52 Å². The van der Waals surface area contributed by atoms with E-state index in [2.05, 4.69) is 19.9 Å². The molecule has 3 heterocycles. The highest BCUT2D eigenvalue weighted by molar-refractivity contribution is 7.98. The molecule has 0 radical (unpaired) electrons. The standard InChI is InChI=1S/C19H15FN4OS2/c20-15-5-2-1-4-14(15)18-21-22-19(24(18)13-7-8-13)27-11-12-10-16(25-23-12)17-6-3-9-26-17/h1-6,9-10,13H,7-8,11H2. The summed E-state index contributed by atoms with van der Waals surface area (Å²) < 4.78 is 21.7. The highest BCUT2D eigenvalue weighted by atomic mass is 32.2. The topological polar surface area (TPSA) is 56.7 Å². The SMILES string of the molecule is Fc1ccccc1-c1nnc(SCc2cc(-c3cccs3)on2)n1C1CC1. The molecule has 5 nitrogen and oxygen atoms in total. The molecule has 1 aliphatic rings. The zero-order chi connectivity index (χ0) is 18.2. The molecule has 1 aromatic carbocycles. The molecule has 0 unspecified atom stereocenters. The van der Waals surface area contributed by atoms with Crippen LogP contribution in [-0.2, 0) is 5.75 Å². The minimum Gasteiger partial charge on any atom is -0.355 e. The normalized spacial score (nSPS) is 14.0. The number of halogens is 1. The third-order valence-electron chi connectivity index (χ3n) is 4.36. The maximum Gasteiger partial charge on any atom is 0.192 e. The van der Waals surface area contributed by atoms with E-state index in [4.69, 9.17) is 4.52 Å². The quantitative estimate of drug-likeness (QED) is 0.406. The van der Waals surface area contributed by atoms with Crippen LogP contribution in [-0.4, -0.2) is 19.9 Å². The molecule has 0 saturated heterocycles. The van der Waals surface area contributed by atoms with Crippen LogP contribution in [0.25, 0.3) is 22.0 Å². The monoisotopic (exact) mass is 398 g/mol. The lowest BCUT2D eigenvalue weighted by molar-refractivity contribution is 0.427. The van der Waals surface area contributed by atoms with E-state index in [1.807, 2.05) is 29.6 Å². The first-order chi connectivity index (χ1) is 13.3. The van der Waals surface area contributed by atoms with Crippen molar-refractivity contribution in [3.8, 4) is 22.0 Å². The Balaban J connectivity index is 1.39. The molecule has 0 bridgehead atoms. The molecular weight excluding hydrogens is 383 g/mol. The second kappa shape index (κ2) is 6.94. The van der Waals surface area contributed by atoms with Crippen molar-refractivity contribution in [3.63, 3.8) is 0 Å². The van der Waals surface area contributed by atoms with Crippen molar-refractivity contribution in [3.05, 3.63) is 59.4 Å². The van der Waals surface area contributed by atoms with Gasteiger partial charge in [0.25, 0.3) is 0 Å². The van der Waals surface area contributed by atoms with Gasteiger partial charge in [-0.25, -0.2) is 4.39 Å². The molecule has 27 heavy (non-hydrogen) atoms. The molecule has 0 amide bonds. The fraction of sp³-hybridized carbons (Fsp3) is 0.211. The molecule has 8 heteroatoms. The van der Waals surface area contributed by atoms with Gasteiger partial charge >= 0.3 is 0 Å². The van der Waals surface area contributed by atoms with Gasteiger partial charge in [0.1, 0.15) is 5.82 Å². The number of nitrogens with zero attached hydrogens (tertiary/aromatic N) is 4. The summed E-state index contributed by atoms with van der Waals surface area (Å²) in [6.07, 6.45) is 2.14. The highest BCUT2D eigenvalue weighted by Crippen LogP contribution is 2.42. The Morgan fingerprint density at radius 3 is 2.85 bits per heavy atom. The maximum absolute atomic E-state index is 14.2. The zero-order valence-electron chi connectivity index (χ0n) is 14.2. The summed E-state index contributed by atoms with van der Waals surface area (Å²) in [5.74, 6) is 1.71. The van der Waals surface area contributed by atoms with E-state index in [1.54, 1.807) is 35.2 Å². The van der Waals surface area contributed by atoms with Crippen molar-refractivity contribution in [2.75, 3.05) is 0 Å². The van der Waals surface area contributed by atoms with Crippen molar-refractivity contribution in [1.82, 2.24) is 19.9 Å². The maximum atomic E-state index is 14.2. The van der Waals surface area contributed by atoms with Crippen LogP contribution >= 0.6 is 23.1 Å². The molecule has 5 rings (SSSR count). The molecule has 3 aromatic heterocycles. The van der Waals surface area contributed by atoms with Crippen LogP contribution in [0, 0.1) is 5.82 Å². The van der Waals surface area contributed by atoms with Crippen LogP contribution in [0.4, 0.5) is 4.39 Å². The molecule has 1 aliphatic carbocycles. The van der Waals surface area contributed by atoms with Crippen LogP contribution in [0.1, 0.15) is 24.6 Å². The lowest BCUT2D eigenvalue weighted by atomic mass is 10.2. The second-order valence-corrected chi connectivity index (χ2v) is 8.23. The van der Waals surface area contributed by atoms with E-state index in [0.717, 1.165) is 34.3 Å². The fourth-order valence-electron chi connectivity index (χ4n) is 2.92. The Bertz CT molecular complexity index is 1070. The number of thiophene rings is 1. The van der Waals surface area contributed by atoms with Crippen LogP contribution in [0.15, 0.2) is 57.5 Å². The number of hydrogen-bond donors (Lipinski definition) is 0. The molecule has 1 fully saturated rings. The minimum absolute atomic E-state index is 0.277. The second-order valence-electron chi connectivity index (χ2n) is 6.34. The summed E-state index contributed by atoms with van der Waals surface area (Å²) in [7, 11) is 0. The summed E-state index contributed by atoms with van der Waals surface area (Å²) in [5.41, 5.74) is 1.34. The van der Waals surface area contributed by atoms with E-state index < -0.39 is 0 Å². The molecule has 0 spiro atoms. The molecule has 136 valence electrons. The van der Waals surface area contributed by atoms with Crippen molar-refractivity contribution >= 4 is 23.1 Å². The van der Waals surface area contributed by atoms with Gasteiger partial charge in [0.05, 0.1) is 16.1 Å². The van der Waals surface area contributed by atoms with Crippen molar-refractivity contribution in [2.45, 2.75) is 29.8 Å². The van der Waals surface area contributed by atoms with Gasteiger partial charge in [0.2, 0.25) is 0 Å². The molecule has 0 atom stereocenters. The van der Waals surface area contributed by atoms with Crippen molar-refractivity contribution in [1.29, 1.82) is 0 Å². The number of hydrogen-bond acceptors (Lipinski definition) is 6. The van der Waals surface area contributed by atoms with Crippen LogP contribution in [0.2, 0.25) is 0 Å². The number of aromatic nitrogens is 4. The Kier molecular flexibility index (Phi) is 4.29. The van der Waals surface area contributed by atoms with Crippen LogP contribution < -0.4 is 0 Å². The smallest absolute Gasteiger partial charge is 0.192 e. The van der Waals surface area contributed by atoms with Gasteiger partial charge in [-0.3, -0.25) is 4.57 Å². The van der Waals surface area contributed by atoms with E-state index in [0.29, 0.717) is 23.2 Å². The van der Waals surface area contributed by atoms with Gasteiger partial charge in [0.15, 0.2) is 16.7 Å². The Labute approximate surface area is 163 Å². The molecule has 1 saturated carbocycles. The first-order valence-corrected chi connectivity index (χ1v) is 10.5. The lowest BCUT2D eigenvalue weighted by Crippen LogP contribution is -2.01. The first-order valence-electron chi connectivity index (χ1n) is 8.61. The average Bonchev–Trinajstić information content (AvgIpc) is 3.10. The number of benzene rings is 1. The first kappa shape index (κ1) is 16.7. The van der Waals surface area contributed by atoms with Crippen molar-refractivity contribution < 1.29 is 8.91 Å². The molecular formula is C19H15FN4OS2. The largest absolute Gasteiger partial charge is 0.355 e. The predicted octanol–water partition coefficient (Wildman–Crippen LogP) is 5.43. The summed E-state index contributed by atoms with van der Waals surface area (Å²) in [6.45, 7) is 0. The molecule has 0 N–H and O–H groups in total. The zero-order valence-corrected chi connectivity index (χ0v) is 15.8. The van der Waals surface area contributed by atoms with Crippen LogP contribution in [0.3, 0.4) is 0 Å². The lowest BCUT2D eigenvalue weighted by Gasteiger charge is -2.08. The van der Waals surface area contributed by atoms with E-state index in [9.17, 15) is 4.39 Å². The Hall–Kier alpha value is -2.45. The summed E-state index contributed by atoms with van der Waals surface area (Å²) in [4.78, 5) is 1.06. The Morgan fingerprint density at radius 1 is 1.19 bits per heavy atom. The van der Waals surface area contributed by atoms with Crippen molar-refractivity contribution in [2.24, 2.45) is 0 Å². The fourth-order valence-corrected chi connectivity index (χ4v) is 4.48. The minimum atomic E-state index is -0.277. The predicted molar refractivity (Wildman–Crippen MR) is 103 cm³/mol. The van der Waals surface area contributed by atoms with E-state index >= 15 is 0 Å². The van der Waals surface area contributed by atoms with Gasteiger partial charge in [0, 0.05) is 17.9 Å². The summed E-state index contributed by atoms with van der Waals surface area (Å²) >= 11 is 3.17.